The molecule has 0 aromatic heterocycles. The van der Waals surface area contributed by atoms with Gasteiger partial charge in [-0.25, -0.2) is 4.79 Å². The maximum atomic E-state index is 10.6. The normalized spacial score (nSPS) is 9.80. The first-order chi connectivity index (χ1) is 7.04. The average molecular weight is 230 g/mol. The Morgan fingerprint density at radius 1 is 1.60 bits per heavy atom. The molecule has 0 aliphatic rings. The van der Waals surface area contributed by atoms with Crippen LogP contribution in [0.1, 0.15) is 5.56 Å². The number of ether oxygens (including phenoxy) is 1. The first-order valence-electron chi connectivity index (χ1n) is 4.31. The SMILES string of the molecule is COc1ccc(Cl)cc1CN(C)C(=O)O. The second-order valence-electron chi connectivity index (χ2n) is 3.09. The first kappa shape index (κ1) is 11.7. The highest BCUT2D eigenvalue weighted by atomic mass is 35.5. The molecule has 0 bridgehead atoms. The molecule has 0 spiro atoms. The highest BCUT2D eigenvalue weighted by molar-refractivity contribution is 6.30. The minimum Gasteiger partial charge on any atom is -0.496 e. The Bertz CT molecular complexity index is 368. The lowest BCUT2D eigenvalue weighted by Gasteiger charge is -2.15. The number of benzene rings is 1. The van der Waals surface area contributed by atoms with Gasteiger partial charge in [0.25, 0.3) is 0 Å². The molecule has 0 saturated heterocycles. The van der Waals surface area contributed by atoms with Crippen LogP contribution in [0, 0.1) is 0 Å². The van der Waals surface area contributed by atoms with E-state index in [9.17, 15) is 4.79 Å². The molecular weight excluding hydrogens is 218 g/mol. The Kier molecular flexibility index (Phi) is 3.80. The number of amides is 1. The molecule has 5 heteroatoms. The quantitative estimate of drug-likeness (QED) is 0.866. The van der Waals surface area contributed by atoms with Gasteiger partial charge in [-0.05, 0) is 18.2 Å². The van der Waals surface area contributed by atoms with Crippen LogP contribution in [0.15, 0.2) is 18.2 Å². The third-order valence-corrected chi connectivity index (χ3v) is 2.21. The molecule has 1 aromatic rings. The zero-order valence-electron chi connectivity index (χ0n) is 8.53. The van der Waals surface area contributed by atoms with Crippen LogP contribution in [0.5, 0.6) is 5.75 Å². The van der Waals surface area contributed by atoms with E-state index in [0.29, 0.717) is 10.8 Å². The molecule has 82 valence electrons. The van der Waals surface area contributed by atoms with Crippen LogP contribution in [-0.4, -0.2) is 30.3 Å². The summed E-state index contributed by atoms with van der Waals surface area (Å²) in [5.41, 5.74) is 0.745. The minimum absolute atomic E-state index is 0.249. The van der Waals surface area contributed by atoms with Gasteiger partial charge in [-0.1, -0.05) is 11.6 Å². The Balaban J connectivity index is 2.91. The average Bonchev–Trinajstić information content (AvgIpc) is 2.18. The van der Waals surface area contributed by atoms with Crippen LogP contribution in [-0.2, 0) is 6.54 Å². The molecule has 0 radical (unpaired) electrons. The molecule has 0 aliphatic carbocycles. The van der Waals surface area contributed by atoms with Crippen molar-refractivity contribution in [2.45, 2.75) is 6.54 Å². The van der Waals surface area contributed by atoms with E-state index in [1.54, 1.807) is 18.2 Å². The van der Waals surface area contributed by atoms with Gasteiger partial charge in [0.05, 0.1) is 13.7 Å². The maximum absolute atomic E-state index is 10.6. The van der Waals surface area contributed by atoms with Crippen molar-refractivity contribution in [2.24, 2.45) is 0 Å². The van der Waals surface area contributed by atoms with E-state index in [2.05, 4.69) is 0 Å². The van der Waals surface area contributed by atoms with Gasteiger partial charge in [-0.3, -0.25) is 0 Å². The molecule has 1 rings (SSSR count). The van der Waals surface area contributed by atoms with E-state index in [4.69, 9.17) is 21.4 Å². The molecule has 0 aliphatic heterocycles. The van der Waals surface area contributed by atoms with Gasteiger partial charge in [0, 0.05) is 17.6 Å². The highest BCUT2D eigenvalue weighted by Gasteiger charge is 2.10. The van der Waals surface area contributed by atoms with Gasteiger partial charge in [0.15, 0.2) is 0 Å². The Morgan fingerprint density at radius 3 is 2.80 bits per heavy atom. The van der Waals surface area contributed by atoms with Crippen LogP contribution in [0.4, 0.5) is 4.79 Å². The zero-order valence-corrected chi connectivity index (χ0v) is 9.28. The molecular formula is C10H12ClNO3. The lowest BCUT2D eigenvalue weighted by Crippen LogP contribution is -2.24. The van der Waals surface area contributed by atoms with Crippen molar-refractivity contribution < 1.29 is 14.6 Å². The van der Waals surface area contributed by atoms with Crippen LogP contribution < -0.4 is 4.74 Å². The van der Waals surface area contributed by atoms with E-state index in [0.717, 1.165) is 10.5 Å². The van der Waals surface area contributed by atoms with Gasteiger partial charge in [0.2, 0.25) is 0 Å². The van der Waals surface area contributed by atoms with E-state index >= 15 is 0 Å². The Hall–Kier alpha value is -1.42. The second-order valence-corrected chi connectivity index (χ2v) is 3.53. The molecule has 1 N–H and O–H groups in total. The number of nitrogens with zero attached hydrogens (tertiary/aromatic N) is 1. The summed E-state index contributed by atoms with van der Waals surface area (Å²) in [7, 11) is 3.02. The molecule has 0 saturated carbocycles. The Labute approximate surface area is 93.0 Å². The number of hydrogen-bond acceptors (Lipinski definition) is 2. The van der Waals surface area contributed by atoms with Crippen molar-refractivity contribution in [1.29, 1.82) is 0 Å². The predicted octanol–water partition coefficient (Wildman–Crippen LogP) is 2.46. The van der Waals surface area contributed by atoms with Crippen molar-refractivity contribution >= 4 is 17.7 Å². The molecule has 0 atom stereocenters. The van der Waals surface area contributed by atoms with Crippen molar-refractivity contribution in [1.82, 2.24) is 4.90 Å². The lowest BCUT2D eigenvalue weighted by atomic mass is 10.2. The summed E-state index contributed by atoms with van der Waals surface area (Å²) in [6, 6.07) is 5.11. The summed E-state index contributed by atoms with van der Waals surface area (Å²) in [5.74, 6) is 0.632. The van der Waals surface area contributed by atoms with Gasteiger partial charge >= 0.3 is 6.09 Å². The topological polar surface area (TPSA) is 49.8 Å². The number of carboxylic acid groups (broad SMARTS) is 1. The third-order valence-electron chi connectivity index (χ3n) is 1.98. The number of halogens is 1. The molecule has 0 heterocycles. The third kappa shape index (κ3) is 3.02. The van der Waals surface area contributed by atoms with E-state index in [1.165, 1.54) is 14.2 Å². The van der Waals surface area contributed by atoms with Gasteiger partial charge in [-0.15, -0.1) is 0 Å². The summed E-state index contributed by atoms with van der Waals surface area (Å²) in [6.45, 7) is 0.249. The van der Waals surface area contributed by atoms with E-state index in [1.807, 2.05) is 0 Å². The molecule has 4 nitrogen and oxygen atoms in total. The van der Waals surface area contributed by atoms with E-state index < -0.39 is 6.09 Å². The summed E-state index contributed by atoms with van der Waals surface area (Å²) in [6.07, 6.45) is -0.989. The number of methoxy groups -OCH3 is 1. The molecule has 1 aromatic carbocycles. The standard InChI is InChI=1S/C10H12ClNO3/c1-12(10(13)14)6-7-5-8(11)3-4-9(7)15-2/h3-5H,6H2,1-2H3,(H,13,14). The fourth-order valence-electron chi connectivity index (χ4n) is 1.19. The fraction of sp³-hybridized carbons (Fsp3) is 0.300. The monoisotopic (exact) mass is 229 g/mol. The van der Waals surface area contributed by atoms with Crippen molar-refractivity contribution in [3.05, 3.63) is 28.8 Å². The van der Waals surface area contributed by atoms with Crippen LogP contribution in [0.3, 0.4) is 0 Å². The summed E-state index contributed by atoms with van der Waals surface area (Å²) >= 11 is 5.82. The summed E-state index contributed by atoms with van der Waals surface area (Å²) in [4.78, 5) is 11.8. The summed E-state index contributed by atoms with van der Waals surface area (Å²) in [5, 5.41) is 9.29. The smallest absolute Gasteiger partial charge is 0.407 e. The van der Waals surface area contributed by atoms with Gasteiger partial charge in [-0.2, -0.15) is 0 Å². The van der Waals surface area contributed by atoms with Crippen LogP contribution >= 0.6 is 11.6 Å². The number of carbonyl (C=O) groups is 1. The maximum Gasteiger partial charge on any atom is 0.407 e. The molecule has 1 amide bonds. The highest BCUT2D eigenvalue weighted by Crippen LogP contribution is 2.23. The molecule has 0 unspecified atom stereocenters. The molecule has 0 fully saturated rings. The fourth-order valence-corrected chi connectivity index (χ4v) is 1.39. The molecule has 15 heavy (non-hydrogen) atoms. The minimum atomic E-state index is -0.989. The number of rotatable bonds is 3. The predicted molar refractivity (Wildman–Crippen MR) is 57.5 cm³/mol. The summed E-state index contributed by atoms with van der Waals surface area (Å²) < 4.78 is 5.10. The second kappa shape index (κ2) is 4.89. The van der Waals surface area contributed by atoms with Crippen LogP contribution in [0.25, 0.3) is 0 Å². The first-order valence-corrected chi connectivity index (χ1v) is 4.69. The van der Waals surface area contributed by atoms with E-state index in [-0.39, 0.29) is 6.54 Å². The van der Waals surface area contributed by atoms with Gasteiger partial charge in [0.1, 0.15) is 5.75 Å². The van der Waals surface area contributed by atoms with Crippen molar-refractivity contribution in [3.63, 3.8) is 0 Å². The van der Waals surface area contributed by atoms with Crippen LogP contribution in [0.2, 0.25) is 5.02 Å². The lowest BCUT2D eigenvalue weighted by molar-refractivity contribution is 0.153. The Morgan fingerprint density at radius 2 is 2.27 bits per heavy atom. The largest absolute Gasteiger partial charge is 0.496 e. The number of hydrogen-bond donors (Lipinski definition) is 1. The van der Waals surface area contributed by atoms with Crippen molar-refractivity contribution in [3.8, 4) is 5.75 Å². The van der Waals surface area contributed by atoms with Crippen molar-refractivity contribution in [2.75, 3.05) is 14.2 Å². The van der Waals surface area contributed by atoms with Gasteiger partial charge < -0.3 is 14.7 Å². The zero-order chi connectivity index (χ0) is 11.4.